The maximum atomic E-state index is 4.43. The number of fused-ring (bicyclic) bond motifs is 1. The number of hydrogen-bond donors (Lipinski definition) is 1. The zero-order valence-corrected chi connectivity index (χ0v) is 14.4. The molecule has 1 aromatic heterocycles. The molecule has 0 amide bonds. The highest BCUT2D eigenvalue weighted by atomic mass is 15.2. The lowest BCUT2D eigenvalue weighted by Crippen LogP contribution is -2.47. The van der Waals surface area contributed by atoms with E-state index in [9.17, 15) is 0 Å². The highest BCUT2D eigenvalue weighted by molar-refractivity contribution is 5.14. The average molecular weight is 324 g/mol. The van der Waals surface area contributed by atoms with Crippen molar-refractivity contribution in [2.45, 2.75) is 44.8 Å². The summed E-state index contributed by atoms with van der Waals surface area (Å²) in [7, 11) is 0. The lowest BCUT2D eigenvalue weighted by Gasteiger charge is -2.34. The molecule has 3 heterocycles. The normalized spacial score (nSPS) is 24.7. The van der Waals surface area contributed by atoms with Crippen molar-refractivity contribution in [3.63, 3.8) is 0 Å². The molecule has 4 rings (SSSR count). The molecule has 0 bridgehead atoms. The number of aryl methyl sites for hydroxylation is 1. The van der Waals surface area contributed by atoms with Gasteiger partial charge in [-0.25, -0.2) is 4.98 Å². The fourth-order valence-corrected chi connectivity index (χ4v) is 4.14. The van der Waals surface area contributed by atoms with E-state index < -0.39 is 0 Å². The number of hydrogen-bond acceptors (Lipinski definition) is 3. The zero-order chi connectivity index (χ0) is 16.2. The predicted molar refractivity (Wildman–Crippen MR) is 96.8 cm³/mol. The molecule has 2 aliphatic rings. The van der Waals surface area contributed by atoms with Gasteiger partial charge in [-0.2, -0.15) is 0 Å². The summed E-state index contributed by atoms with van der Waals surface area (Å²) in [6, 6.07) is 11.5. The minimum absolute atomic E-state index is 0.645. The first kappa shape index (κ1) is 15.9. The number of imidazole rings is 1. The van der Waals surface area contributed by atoms with Gasteiger partial charge in [0.1, 0.15) is 5.82 Å². The number of benzene rings is 1. The fourth-order valence-electron chi connectivity index (χ4n) is 4.14. The van der Waals surface area contributed by atoms with Crippen LogP contribution in [0, 0.1) is 5.92 Å². The van der Waals surface area contributed by atoms with Crippen LogP contribution in [0.15, 0.2) is 42.7 Å². The fraction of sp³-hybridized carbons (Fsp3) is 0.550. The third-order valence-electron chi connectivity index (χ3n) is 5.48. The SMILES string of the molecule is c1ccc(CN2CCCC(NCC3CCc4nccn4C3)C2)cc1. The summed E-state index contributed by atoms with van der Waals surface area (Å²) in [5.41, 5.74) is 1.43. The van der Waals surface area contributed by atoms with E-state index in [1.807, 2.05) is 6.20 Å². The zero-order valence-electron chi connectivity index (χ0n) is 14.4. The van der Waals surface area contributed by atoms with Crippen LogP contribution in [-0.2, 0) is 19.5 Å². The van der Waals surface area contributed by atoms with Gasteiger partial charge in [-0.15, -0.1) is 0 Å². The third kappa shape index (κ3) is 3.87. The Hall–Kier alpha value is -1.65. The molecule has 4 heteroatoms. The van der Waals surface area contributed by atoms with Gasteiger partial charge in [-0.1, -0.05) is 30.3 Å². The van der Waals surface area contributed by atoms with Crippen molar-refractivity contribution in [2.75, 3.05) is 19.6 Å². The Balaban J connectivity index is 1.25. The van der Waals surface area contributed by atoms with E-state index >= 15 is 0 Å². The Kier molecular flexibility index (Phi) is 4.95. The van der Waals surface area contributed by atoms with Crippen molar-refractivity contribution in [2.24, 2.45) is 5.92 Å². The van der Waals surface area contributed by atoms with Gasteiger partial charge in [0.05, 0.1) is 0 Å². The summed E-state index contributed by atoms with van der Waals surface area (Å²) in [6.07, 6.45) is 9.08. The van der Waals surface area contributed by atoms with Crippen LogP contribution >= 0.6 is 0 Å². The van der Waals surface area contributed by atoms with Crippen LogP contribution in [0.25, 0.3) is 0 Å². The van der Waals surface area contributed by atoms with Crippen LogP contribution in [0.5, 0.6) is 0 Å². The molecule has 1 saturated heterocycles. The largest absolute Gasteiger partial charge is 0.335 e. The van der Waals surface area contributed by atoms with Crippen molar-refractivity contribution in [3.05, 3.63) is 54.1 Å². The van der Waals surface area contributed by atoms with Crippen LogP contribution < -0.4 is 5.32 Å². The summed E-state index contributed by atoms with van der Waals surface area (Å²) in [5.74, 6) is 2.01. The summed E-state index contributed by atoms with van der Waals surface area (Å²) in [4.78, 5) is 7.03. The molecular weight excluding hydrogens is 296 g/mol. The maximum Gasteiger partial charge on any atom is 0.108 e. The average Bonchev–Trinajstić information content (AvgIpc) is 3.09. The molecule has 0 aliphatic carbocycles. The second kappa shape index (κ2) is 7.49. The molecule has 4 nitrogen and oxygen atoms in total. The predicted octanol–water partition coefficient (Wildman–Crippen LogP) is 2.70. The van der Waals surface area contributed by atoms with Crippen LogP contribution in [-0.4, -0.2) is 40.1 Å². The molecule has 24 heavy (non-hydrogen) atoms. The summed E-state index contributed by atoms with van der Waals surface area (Å²) >= 11 is 0. The lowest BCUT2D eigenvalue weighted by atomic mass is 9.98. The van der Waals surface area contributed by atoms with E-state index in [1.165, 1.54) is 43.7 Å². The molecule has 2 aromatic rings. The molecule has 1 N–H and O–H groups in total. The summed E-state index contributed by atoms with van der Waals surface area (Å²) in [6.45, 7) is 5.76. The van der Waals surface area contributed by atoms with Gasteiger partial charge in [0.25, 0.3) is 0 Å². The molecule has 1 fully saturated rings. The minimum Gasteiger partial charge on any atom is -0.335 e. The molecular formula is C20H28N4. The van der Waals surface area contributed by atoms with Crippen LogP contribution in [0.1, 0.15) is 30.7 Å². The monoisotopic (exact) mass is 324 g/mol. The highest BCUT2D eigenvalue weighted by Crippen LogP contribution is 2.19. The molecule has 128 valence electrons. The second-order valence-electron chi connectivity index (χ2n) is 7.37. The van der Waals surface area contributed by atoms with Crippen LogP contribution in [0.3, 0.4) is 0 Å². The maximum absolute atomic E-state index is 4.43. The first-order chi connectivity index (χ1) is 11.9. The van der Waals surface area contributed by atoms with E-state index in [2.05, 4.69) is 56.3 Å². The van der Waals surface area contributed by atoms with E-state index in [0.29, 0.717) is 6.04 Å². The molecule has 0 spiro atoms. The van der Waals surface area contributed by atoms with Gasteiger partial charge < -0.3 is 9.88 Å². The lowest BCUT2D eigenvalue weighted by molar-refractivity contribution is 0.177. The standard InChI is InChI=1S/C20H28N4/c1-2-5-17(6-3-1)14-23-11-4-7-19(16-23)22-13-18-8-9-20-21-10-12-24(20)15-18/h1-3,5-6,10,12,18-19,22H,4,7-9,11,13-16H2. The van der Waals surface area contributed by atoms with E-state index in [1.54, 1.807) is 0 Å². The van der Waals surface area contributed by atoms with Crippen molar-refractivity contribution in [1.82, 2.24) is 19.8 Å². The topological polar surface area (TPSA) is 33.1 Å². The van der Waals surface area contributed by atoms with Crippen molar-refractivity contribution >= 4 is 0 Å². The Morgan fingerprint density at radius 3 is 2.96 bits per heavy atom. The quantitative estimate of drug-likeness (QED) is 0.918. The van der Waals surface area contributed by atoms with E-state index in [0.717, 1.165) is 32.0 Å². The number of likely N-dealkylation sites (tertiary alicyclic amines) is 1. The first-order valence-electron chi connectivity index (χ1n) is 9.36. The summed E-state index contributed by atoms with van der Waals surface area (Å²) in [5, 5.41) is 3.85. The van der Waals surface area contributed by atoms with Crippen molar-refractivity contribution in [3.8, 4) is 0 Å². The number of nitrogens with one attached hydrogen (secondary N) is 1. The van der Waals surface area contributed by atoms with Gasteiger partial charge >= 0.3 is 0 Å². The smallest absolute Gasteiger partial charge is 0.108 e. The van der Waals surface area contributed by atoms with E-state index in [4.69, 9.17) is 0 Å². The number of nitrogens with zero attached hydrogens (tertiary/aromatic N) is 3. The first-order valence-corrected chi connectivity index (χ1v) is 9.36. The van der Waals surface area contributed by atoms with Crippen LogP contribution in [0.2, 0.25) is 0 Å². The number of aromatic nitrogens is 2. The van der Waals surface area contributed by atoms with Crippen molar-refractivity contribution < 1.29 is 0 Å². The summed E-state index contributed by atoms with van der Waals surface area (Å²) < 4.78 is 2.33. The van der Waals surface area contributed by atoms with Crippen LogP contribution in [0.4, 0.5) is 0 Å². The number of piperidine rings is 1. The van der Waals surface area contributed by atoms with Gasteiger partial charge in [-0.3, -0.25) is 4.90 Å². The molecule has 2 unspecified atom stereocenters. The molecule has 0 radical (unpaired) electrons. The highest BCUT2D eigenvalue weighted by Gasteiger charge is 2.23. The Morgan fingerprint density at radius 1 is 1.12 bits per heavy atom. The van der Waals surface area contributed by atoms with Gasteiger partial charge in [0, 0.05) is 44.5 Å². The van der Waals surface area contributed by atoms with E-state index in [-0.39, 0.29) is 0 Å². The Morgan fingerprint density at radius 2 is 2.04 bits per heavy atom. The van der Waals surface area contributed by atoms with Gasteiger partial charge in [-0.05, 0) is 43.8 Å². The van der Waals surface area contributed by atoms with Crippen molar-refractivity contribution in [1.29, 1.82) is 0 Å². The van der Waals surface area contributed by atoms with Gasteiger partial charge in [0.2, 0.25) is 0 Å². The minimum atomic E-state index is 0.645. The number of rotatable bonds is 5. The molecule has 0 saturated carbocycles. The molecule has 2 atom stereocenters. The third-order valence-corrected chi connectivity index (χ3v) is 5.48. The second-order valence-corrected chi connectivity index (χ2v) is 7.37. The molecule has 2 aliphatic heterocycles. The molecule has 1 aromatic carbocycles. The Bertz CT molecular complexity index is 636. The Labute approximate surface area is 144 Å². The van der Waals surface area contributed by atoms with Gasteiger partial charge in [0.15, 0.2) is 0 Å².